The van der Waals surface area contributed by atoms with Crippen molar-refractivity contribution < 1.29 is 14.3 Å². The molecule has 3 aromatic carbocycles. The second-order valence-corrected chi connectivity index (χ2v) is 6.74. The van der Waals surface area contributed by atoms with Gasteiger partial charge in [-0.1, -0.05) is 53.6 Å². The quantitative estimate of drug-likeness (QED) is 0.389. The molecule has 0 amide bonds. The summed E-state index contributed by atoms with van der Waals surface area (Å²) in [6.45, 7) is 4.41. The lowest BCUT2D eigenvalue weighted by molar-refractivity contribution is 0.104. The van der Waals surface area contributed by atoms with Crippen molar-refractivity contribution in [3.63, 3.8) is 0 Å². The first-order valence-corrected chi connectivity index (χ1v) is 9.20. The number of carbonyl (C=O) groups is 1. The first kappa shape index (κ1) is 19.4. The number of ether oxygens (including phenoxy) is 2. The molecule has 0 saturated carbocycles. The molecule has 28 heavy (non-hydrogen) atoms. The van der Waals surface area contributed by atoms with E-state index in [0.29, 0.717) is 12.2 Å². The lowest BCUT2D eigenvalue weighted by Crippen LogP contribution is -1.99. The van der Waals surface area contributed by atoms with E-state index in [4.69, 9.17) is 9.47 Å². The number of benzene rings is 3. The van der Waals surface area contributed by atoms with Gasteiger partial charge in [-0.25, -0.2) is 0 Å². The predicted octanol–water partition coefficient (Wildman–Crippen LogP) is 5.79. The maximum Gasteiger partial charge on any atom is 0.185 e. The Hall–Kier alpha value is -3.33. The van der Waals surface area contributed by atoms with Crippen LogP contribution in [0.25, 0.3) is 6.08 Å². The van der Waals surface area contributed by atoms with Gasteiger partial charge in [-0.05, 0) is 55.8 Å². The lowest BCUT2D eigenvalue weighted by Gasteiger charge is -2.11. The molecule has 0 fully saturated rings. The number of carbonyl (C=O) groups excluding carboxylic acids is 1. The topological polar surface area (TPSA) is 35.5 Å². The summed E-state index contributed by atoms with van der Waals surface area (Å²) in [6.07, 6.45) is 3.42. The van der Waals surface area contributed by atoms with E-state index < -0.39 is 0 Å². The van der Waals surface area contributed by atoms with Gasteiger partial charge in [0, 0.05) is 11.1 Å². The van der Waals surface area contributed by atoms with Gasteiger partial charge in [-0.3, -0.25) is 4.79 Å². The van der Waals surface area contributed by atoms with Crippen LogP contribution >= 0.6 is 0 Å². The SMILES string of the molecule is COc1ccc(/C=C/C(=O)c2cccc(C)c2)cc1COc1ccc(C)cc1. The summed E-state index contributed by atoms with van der Waals surface area (Å²) in [5.41, 5.74) is 4.79. The summed E-state index contributed by atoms with van der Waals surface area (Å²) in [4.78, 5) is 12.4. The molecule has 3 heteroatoms. The highest BCUT2D eigenvalue weighted by Gasteiger charge is 2.06. The zero-order valence-corrected chi connectivity index (χ0v) is 16.4. The molecule has 142 valence electrons. The summed E-state index contributed by atoms with van der Waals surface area (Å²) >= 11 is 0. The fourth-order valence-corrected chi connectivity index (χ4v) is 2.88. The Labute approximate surface area is 166 Å². The molecule has 0 aliphatic carbocycles. The zero-order valence-electron chi connectivity index (χ0n) is 16.4. The van der Waals surface area contributed by atoms with Crippen LogP contribution in [-0.2, 0) is 6.61 Å². The summed E-state index contributed by atoms with van der Waals surface area (Å²) < 4.78 is 11.3. The van der Waals surface area contributed by atoms with Crippen molar-refractivity contribution in [2.75, 3.05) is 7.11 Å². The summed E-state index contributed by atoms with van der Waals surface area (Å²) in [6, 6.07) is 21.3. The number of rotatable bonds is 7. The first-order chi connectivity index (χ1) is 13.5. The molecule has 0 aliphatic rings. The number of allylic oxidation sites excluding steroid dienone is 1. The van der Waals surface area contributed by atoms with Crippen LogP contribution in [0.5, 0.6) is 11.5 Å². The van der Waals surface area contributed by atoms with Crippen molar-refractivity contribution in [2.45, 2.75) is 20.5 Å². The van der Waals surface area contributed by atoms with Gasteiger partial charge in [0.15, 0.2) is 5.78 Å². The van der Waals surface area contributed by atoms with Crippen LogP contribution in [0, 0.1) is 13.8 Å². The standard InChI is InChI=1S/C25H24O3/c1-18-7-11-23(12-8-18)28-17-22-16-20(10-14-25(22)27-3)9-13-24(26)21-6-4-5-19(2)15-21/h4-16H,17H2,1-3H3/b13-9+. The van der Waals surface area contributed by atoms with Crippen molar-refractivity contribution in [1.82, 2.24) is 0 Å². The van der Waals surface area contributed by atoms with E-state index in [1.165, 1.54) is 5.56 Å². The van der Waals surface area contributed by atoms with Gasteiger partial charge in [-0.2, -0.15) is 0 Å². The Morgan fingerprint density at radius 1 is 0.929 bits per heavy atom. The molecule has 0 atom stereocenters. The maximum absolute atomic E-state index is 12.4. The molecule has 0 aliphatic heterocycles. The first-order valence-electron chi connectivity index (χ1n) is 9.20. The smallest absolute Gasteiger partial charge is 0.185 e. The number of aryl methyl sites for hydroxylation is 2. The summed E-state index contributed by atoms with van der Waals surface area (Å²) in [5, 5.41) is 0. The minimum atomic E-state index is -0.0167. The Balaban J connectivity index is 1.74. The van der Waals surface area contributed by atoms with E-state index in [2.05, 4.69) is 0 Å². The minimum absolute atomic E-state index is 0.0167. The predicted molar refractivity (Wildman–Crippen MR) is 113 cm³/mol. The molecule has 0 bridgehead atoms. The second kappa shape index (κ2) is 9.05. The average molecular weight is 372 g/mol. The van der Waals surface area contributed by atoms with Crippen molar-refractivity contribution in [1.29, 1.82) is 0 Å². The van der Waals surface area contributed by atoms with E-state index in [1.807, 2.05) is 86.7 Å². The summed E-state index contributed by atoms with van der Waals surface area (Å²) in [7, 11) is 1.64. The monoisotopic (exact) mass is 372 g/mol. The number of ketones is 1. The van der Waals surface area contributed by atoms with Crippen molar-refractivity contribution in [3.05, 3.63) is 101 Å². The molecule has 3 nitrogen and oxygen atoms in total. The number of hydrogen-bond acceptors (Lipinski definition) is 3. The molecule has 0 heterocycles. The molecule has 0 N–H and O–H groups in total. The molecular weight excluding hydrogens is 348 g/mol. The molecule has 0 aromatic heterocycles. The maximum atomic E-state index is 12.4. The molecular formula is C25H24O3. The Kier molecular flexibility index (Phi) is 6.28. The molecule has 0 saturated heterocycles. The third-order valence-corrected chi connectivity index (χ3v) is 4.45. The number of methoxy groups -OCH3 is 1. The zero-order chi connectivity index (χ0) is 19.9. The molecule has 3 rings (SSSR count). The van der Waals surface area contributed by atoms with Crippen molar-refractivity contribution in [3.8, 4) is 11.5 Å². The van der Waals surface area contributed by atoms with E-state index in [-0.39, 0.29) is 5.78 Å². The lowest BCUT2D eigenvalue weighted by atomic mass is 10.1. The third-order valence-electron chi connectivity index (χ3n) is 4.45. The second-order valence-electron chi connectivity index (χ2n) is 6.74. The van der Waals surface area contributed by atoms with Crippen LogP contribution in [0.1, 0.15) is 32.6 Å². The fourth-order valence-electron chi connectivity index (χ4n) is 2.88. The van der Waals surface area contributed by atoms with E-state index >= 15 is 0 Å². The normalized spacial score (nSPS) is 10.8. The highest BCUT2D eigenvalue weighted by Crippen LogP contribution is 2.23. The van der Waals surface area contributed by atoms with Crippen LogP contribution in [0.3, 0.4) is 0 Å². The van der Waals surface area contributed by atoms with E-state index in [1.54, 1.807) is 13.2 Å². The molecule has 0 radical (unpaired) electrons. The van der Waals surface area contributed by atoms with Gasteiger partial charge in [0.05, 0.1) is 7.11 Å². The fraction of sp³-hybridized carbons (Fsp3) is 0.160. The van der Waals surface area contributed by atoms with Crippen LogP contribution in [0.15, 0.2) is 72.8 Å². The Morgan fingerprint density at radius 2 is 1.71 bits per heavy atom. The summed E-state index contributed by atoms with van der Waals surface area (Å²) in [5.74, 6) is 1.55. The van der Waals surface area contributed by atoms with Crippen LogP contribution in [0.2, 0.25) is 0 Å². The van der Waals surface area contributed by atoms with Crippen LogP contribution < -0.4 is 9.47 Å². The average Bonchev–Trinajstić information content (AvgIpc) is 2.71. The highest BCUT2D eigenvalue weighted by atomic mass is 16.5. The van der Waals surface area contributed by atoms with Gasteiger partial charge >= 0.3 is 0 Å². The molecule has 0 spiro atoms. The highest BCUT2D eigenvalue weighted by molar-refractivity contribution is 6.06. The van der Waals surface area contributed by atoms with Crippen molar-refractivity contribution in [2.24, 2.45) is 0 Å². The van der Waals surface area contributed by atoms with Gasteiger partial charge < -0.3 is 9.47 Å². The van der Waals surface area contributed by atoms with E-state index in [0.717, 1.165) is 28.2 Å². The largest absolute Gasteiger partial charge is 0.496 e. The van der Waals surface area contributed by atoms with Crippen LogP contribution in [0.4, 0.5) is 0 Å². The minimum Gasteiger partial charge on any atom is -0.496 e. The number of hydrogen-bond donors (Lipinski definition) is 0. The van der Waals surface area contributed by atoms with Crippen molar-refractivity contribution >= 4 is 11.9 Å². The third kappa shape index (κ3) is 5.10. The Bertz CT molecular complexity index is 985. The van der Waals surface area contributed by atoms with Gasteiger partial charge in [-0.15, -0.1) is 0 Å². The van der Waals surface area contributed by atoms with Gasteiger partial charge in [0.1, 0.15) is 18.1 Å². The molecule has 0 unspecified atom stereocenters. The molecule has 3 aromatic rings. The van der Waals surface area contributed by atoms with Gasteiger partial charge in [0.25, 0.3) is 0 Å². The van der Waals surface area contributed by atoms with Crippen LogP contribution in [-0.4, -0.2) is 12.9 Å². The van der Waals surface area contributed by atoms with Gasteiger partial charge in [0.2, 0.25) is 0 Å². The Morgan fingerprint density at radius 3 is 2.43 bits per heavy atom. The van der Waals surface area contributed by atoms with E-state index in [9.17, 15) is 4.79 Å².